The second kappa shape index (κ2) is 8.30. The predicted octanol–water partition coefficient (Wildman–Crippen LogP) is 0.388. The van der Waals surface area contributed by atoms with Gasteiger partial charge in [-0.3, -0.25) is 4.79 Å². The van der Waals surface area contributed by atoms with Gasteiger partial charge in [-0.1, -0.05) is 12.1 Å². The van der Waals surface area contributed by atoms with Gasteiger partial charge in [0.1, 0.15) is 6.54 Å². The first-order valence-electron chi connectivity index (χ1n) is 7.88. The van der Waals surface area contributed by atoms with Crippen LogP contribution in [-0.2, 0) is 19.6 Å². The van der Waals surface area contributed by atoms with Crippen molar-refractivity contribution in [2.24, 2.45) is 5.92 Å². The Hall–Kier alpha value is -2.13. The van der Waals surface area contributed by atoms with Crippen LogP contribution in [0.2, 0.25) is 0 Å². The quantitative estimate of drug-likeness (QED) is 0.574. The lowest BCUT2D eigenvalue weighted by molar-refractivity contribution is -0.136. The number of nitrogens with one attached hydrogen (secondary N) is 1. The highest BCUT2D eigenvalue weighted by molar-refractivity contribution is 7.88. The normalized spacial score (nSPS) is 16.2. The molecule has 1 fully saturated rings. The number of rotatable bonds is 6. The molecule has 1 aromatic rings. The summed E-state index contributed by atoms with van der Waals surface area (Å²) in [6.45, 7) is 0.355. The maximum absolute atomic E-state index is 12.1. The number of hydrogen-bond donors (Lipinski definition) is 1. The molecule has 0 radical (unpaired) electrons. The summed E-state index contributed by atoms with van der Waals surface area (Å²) in [5, 5.41) is 2.54. The summed E-state index contributed by atoms with van der Waals surface area (Å²) in [4.78, 5) is 24.0. The summed E-state index contributed by atoms with van der Waals surface area (Å²) in [5.74, 6) is -0.477. The topological polar surface area (TPSA) is 102 Å². The van der Waals surface area contributed by atoms with E-state index in [0.717, 1.165) is 6.26 Å². The summed E-state index contributed by atoms with van der Waals surface area (Å²) in [6.07, 6.45) is 2.02. The molecule has 2 rings (SSSR count). The molecular weight excluding hydrogens is 348 g/mol. The molecule has 0 aliphatic carbocycles. The molecule has 0 spiro atoms. The van der Waals surface area contributed by atoms with Gasteiger partial charge in [-0.2, -0.15) is 0 Å². The van der Waals surface area contributed by atoms with Crippen molar-refractivity contribution in [3.8, 4) is 11.5 Å². The van der Waals surface area contributed by atoms with E-state index in [1.54, 1.807) is 24.3 Å². The Morgan fingerprint density at radius 2 is 1.80 bits per heavy atom. The van der Waals surface area contributed by atoms with Crippen LogP contribution in [0.1, 0.15) is 12.8 Å². The van der Waals surface area contributed by atoms with E-state index in [-0.39, 0.29) is 24.1 Å². The van der Waals surface area contributed by atoms with Crippen molar-refractivity contribution >= 4 is 21.9 Å². The molecule has 0 saturated carbocycles. The van der Waals surface area contributed by atoms with E-state index in [9.17, 15) is 18.0 Å². The molecule has 0 aromatic heterocycles. The third kappa shape index (κ3) is 5.43. The molecule has 1 amide bonds. The van der Waals surface area contributed by atoms with Crippen molar-refractivity contribution in [3.63, 3.8) is 0 Å². The minimum Gasteiger partial charge on any atom is -0.493 e. The Kier molecular flexibility index (Phi) is 6.38. The van der Waals surface area contributed by atoms with Gasteiger partial charge in [-0.25, -0.2) is 17.5 Å². The molecule has 1 saturated heterocycles. The summed E-state index contributed by atoms with van der Waals surface area (Å²) < 4.78 is 34.5. The van der Waals surface area contributed by atoms with Crippen molar-refractivity contribution in [2.45, 2.75) is 12.8 Å². The fourth-order valence-corrected chi connectivity index (χ4v) is 3.49. The Labute approximate surface area is 147 Å². The third-order valence-electron chi connectivity index (χ3n) is 3.99. The molecule has 25 heavy (non-hydrogen) atoms. The molecule has 1 aliphatic heterocycles. The van der Waals surface area contributed by atoms with Gasteiger partial charge in [0, 0.05) is 19.0 Å². The van der Waals surface area contributed by atoms with Crippen LogP contribution >= 0.6 is 0 Å². The third-order valence-corrected chi connectivity index (χ3v) is 5.30. The van der Waals surface area contributed by atoms with Crippen LogP contribution in [0.3, 0.4) is 0 Å². The number of nitrogens with zero attached hydrogens (tertiary/aromatic N) is 1. The lowest BCUT2D eigenvalue weighted by atomic mass is 9.97. The zero-order valence-corrected chi connectivity index (χ0v) is 15.0. The van der Waals surface area contributed by atoms with Crippen molar-refractivity contribution in [2.75, 3.05) is 33.0 Å². The highest BCUT2D eigenvalue weighted by atomic mass is 32.2. The second-order valence-electron chi connectivity index (χ2n) is 5.78. The number of esters is 1. The van der Waals surface area contributed by atoms with Crippen LogP contribution in [0, 0.1) is 5.92 Å². The monoisotopic (exact) mass is 370 g/mol. The number of benzene rings is 1. The highest BCUT2D eigenvalue weighted by Crippen LogP contribution is 2.25. The molecule has 8 nitrogen and oxygen atoms in total. The number of carbonyl (C=O) groups is 2. The Morgan fingerprint density at radius 3 is 2.36 bits per heavy atom. The maximum Gasteiger partial charge on any atom is 0.330 e. The zero-order valence-electron chi connectivity index (χ0n) is 14.2. The van der Waals surface area contributed by atoms with Gasteiger partial charge in [0.15, 0.2) is 11.5 Å². The van der Waals surface area contributed by atoms with Crippen molar-refractivity contribution in [1.29, 1.82) is 0 Å². The Balaban J connectivity index is 1.79. The van der Waals surface area contributed by atoms with Crippen molar-refractivity contribution in [1.82, 2.24) is 9.62 Å². The number of para-hydroxylation sites is 2. The summed E-state index contributed by atoms with van der Waals surface area (Å²) >= 11 is 0. The fourth-order valence-electron chi connectivity index (χ4n) is 2.62. The Morgan fingerprint density at radius 1 is 1.20 bits per heavy atom. The first-order valence-corrected chi connectivity index (χ1v) is 9.72. The maximum atomic E-state index is 12.1. The van der Waals surface area contributed by atoms with E-state index in [4.69, 9.17) is 9.47 Å². The van der Waals surface area contributed by atoms with Crippen molar-refractivity contribution in [3.05, 3.63) is 24.3 Å². The van der Waals surface area contributed by atoms with Gasteiger partial charge >= 0.3 is 5.97 Å². The van der Waals surface area contributed by atoms with E-state index in [1.807, 2.05) is 0 Å². The van der Waals surface area contributed by atoms with Crippen LogP contribution in [0.5, 0.6) is 11.5 Å². The van der Waals surface area contributed by atoms with E-state index in [0.29, 0.717) is 31.7 Å². The summed E-state index contributed by atoms with van der Waals surface area (Å²) in [7, 11) is -1.76. The predicted molar refractivity (Wildman–Crippen MR) is 90.8 cm³/mol. The largest absolute Gasteiger partial charge is 0.493 e. The smallest absolute Gasteiger partial charge is 0.330 e. The number of piperidine rings is 1. The van der Waals surface area contributed by atoms with Crippen LogP contribution in [0.25, 0.3) is 0 Å². The molecule has 1 N–H and O–H groups in total. The molecule has 0 atom stereocenters. The van der Waals surface area contributed by atoms with Gasteiger partial charge in [-0.05, 0) is 25.0 Å². The number of methoxy groups -OCH3 is 1. The molecule has 1 aliphatic rings. The minimum absolute atomic E-state index is 0.261. The standard InChI is InChI=1S/C16H22N2O6S/c1-23-13-5-3-4-6-14(13)24-15(19)11-17-16(20)12-7-9-18(10-8-12)25(2,21)22/h3-6,12H,7-11H2,1-2H3,(H,17,20). The van der Waals surface area contributed by atoms with Crippen molar-refractivity contribution < 1.29 is 27.5 Å². The Bertz CT molecular complexity index is 726. The molecule has 9 heteroatoms. The number of hydrogen-bond acceptors (Lipinski definition) is 6. The van der Waals surface area contributed by atoms with Crippen LogP contribution in [-0.4, -0.2) is 57.6 Å². The first kappa shape index (κ1) is 19.2. The van der Waals surface area contributed by atoms with E-state index in [1.165, 1.54) is 11.4 Å². The van der Waals surface area contributed by atoms with E-state index < -0.39 is 16.0 Å². The molecule has 0 unspecified atom stereocenters. The average Bonchev–Trinajstić information content (AvgIpc) is 2.59. The highest BCUT2D eigenvalue weighted by Gasteiger charge is 2.29. The molecule has 1 heterocycles. The van der Waals surface area contributed by atoms with Gasteiger partial charge in [0.2, 0.25) is 15.9 Å². The molecular formula is C16H22N2O6S. The lowest BCUT2D eigenvalue weighted by Crippen LogP contribution is -2.43. The lowest BCUT2D eigenvalue weighted by Gasteiger charge is -2.29. The van der Waals surface area contributed by atoms with Gasteiger partial charge in [0.25, 0.3) is 0 Å². The second-order valence-corrected chi connectivity index (χ2v) is 7.76. The molecule has 1 aromatic carbocycles. The van der Waals surface area contributed by atoms with Gasteiger partial charge in [-0.15, -0.1) is 0 Å². The van der Waals surface area contributed by atoms with E-state index >= 15 is 0 Å². The van der Waals surface area contributed by atoms with Gasteiger partial charge < -0.3 is 14.8 Å². The zero-order chi connectivity index (χ0) is 18.4. The number of sulfonamides is 1. The van der Waals surface area contributed by atoms with Crippen LogP contribution in [0.15, 0.2) is 24.3 Å². The SMILES string of the molecule is COc1ccccc1OC(=O)CNC(=O)C1CCN(S(C)(=O)=O)CC1. The van der Waals surface area contributed by atoms with Crippen LogP contribution in [0.4, 0.5) is 0 Å². The average molecular weight is 370 g/mol. The summed E-state index contributed by atoms with van der Waals surface area (Å²) in [5.41, 5.74) is 0. The number of ether oxygens (including phenoxy) is 2. The van der Waals surface area contributed by atoms with E-state index in [2.05, 4.69) is 5.32 Å². The number of amides is 1. The fraction of sp³-hybridized carbons (Fsp3) is 0.500. The molecule has 0 bridgehead atoms. The first-order chi connectivity index (χ1) is 11.8. The number of carbonyl (C=O) groups excluding carboxylic acids is 2. The summed E-state index contributed by atoms with van der Waals surface area (Å²) in [6, 6.07) is 6.72. The molecule has 138 valence electrons. The van der Waals surface area contributed by atoms with Crippen LogP contribution < -0.4 is 14.8 Å². The minimum atomic E-state index is -3.23. The van der Waals surface area contributed by atoms with Gasteiger partial charge in [0.05, 0.1) is 13.4 Å².